The van der Waals surface area contributed by atoms with E-state index in [2.05, 4.69) is 26.5 Å². The van der Waals surface area contributed by atoms with E-state index in [9.17, 15) is 4.79 Å². The number of thiophene rings is 1. The van der Waals surface area contributed by atoms with Crippen LogP contribution < -0.4 is 9.47 Å². The van der Waals surface area contributed by atoms with Gasteiger partial charge in [-0.3, -0.25) is 9.69 Å². The van der Waals surface area contributed by atoms with Gasteiger partial charge in [-0.1, -0.05) is 6.07 Å². The Morgan fingerprint density at radius 2 is 1.93 bits per heavy atom. The number of hydrogen-bond acceptors (Lipinski definition) is 8. The second-order valence-corrected chi connectivity index (χ2v) is 8.68. The van der Waals surface area contributed by atoms with Crippen LogP contribution in [0.2, 0.25) is 0 Å². The molecule has 10 heteroatoms. The minimum Gasteiger partial charge on any atom is -0.454 e. The number of nitrogens with zero attached hydrogens (tertiary/aromatic N) is 6. The van der Waals surface area contributed by atoms with E-state index in [1.54, 1.807) is 16.0 Å². The van der Waals surface area contributed by atoms with E-state index < -0.39 is 0 Å². The van der Waals surface area contributed by atoms with Crippen LogP contribution >= 0.6 is 11.3 Å². The number of aromatic nitrogens is 4. The maximum atomic E-state index is 13.3. The number of carbonyl (C=O) groups is 1. The molecule has 30 heavy (non-hydrogen) atoms. The van der Waals surface area contributed by atoms with Gasteiger partial charge >= 0.3 is 0 Å². The Labute approximate surface area is 177 Å². The summed E-state index contributed by atoms with van der Waals surface area (Å²) in [5, 5.41) is 12.2. The Balaban J connectivity index is 1.27. The smallest absolute Gasteiger partial charge is 0.257 e. The lowest BCUT2D eigenvalue weighted by atomic mass is 10.1. The van der Waals surface area contributed by atoms with Crippen LogP contribution in [0.3, 0.4) is 0 Å². The fourth-order valence-electron chi connectivity index (χ4n) is 3.84. The fourth-order valence-corrected chi connectivity index (χ4v) is 4.91. The number of benzene rings is 1. The van der Waals surface area contributed by atoms with Gasteiger partial charge in [0.05, 0.1) is 5.56 Å². The predicted octanol–water partition coefficient (Wildman–Crippen LogP) is 2.03. The highest BCUT2D eigenvalue weighted by Crippen LogP contribution is 2.33. The summed E-state index contributed by atoms with van der Waals surface area (Å²) >= 11 is 1.54. The van der Waals surface area contributed by atoms with Gasteiger partial charge in [0.1, 0.15) is 11.3 Å². The molecule has 5 rings (SSSR count). The van der Waals surface area contributed by atoms with E-state index in [1.807, 2.05) is 30.9 Å². The molecule has 0 bridgehead atoms. The first-order chi connectivity index (χ1) is 14.6. The average Bonchev–Trinajstić information content (AvgIpc) is 3.49. The third kappa shape index (κ3) is 3.41. The second-order valence-electron chi connectivity index (χ2n) is 7.47. The quantitative estimate of drug-likeness (QED) is 0.631. The second kappa shape index (κ2) is 7.69. The van der Waals surface area contributed by atoms with Crippen LogP contribution in [0.4, 0.5) is 0 Å². The number of rotatable bonds is 4. The van der Waals surface area contributed by atoms with Crippen LogP contribution in [-0.2, 0) is 6.54 Å². The minimum atomic E-state index is 0.0464. The topological polar surface area (TPSA) is 85.6 Å². The standard InChI is InChI=1S/C20H22N6O3S/c1-13-14(2)30-20(26-11-21-22-23-26)18(13)19(27)25-7-5-24(6-8-25)10-15-3-4-16-17(9-15)29-12-28-16/h3-4,9,11H,5-8,10,12H2,1-2H3. The molecule has 0 N–H and O–H groups in total. The molecule has 0 atom stereocenters. The van der Waals surface area contributed by atoms with Crippen molar-refractivity contribution in [1.82, 2.24) is 30.0 Å². The van der Waals surface area contributed by atoms with Gasteiger partial charge in [0.2, 0.25) is 6.79 Å². The largest absolute Gasteiger partial charge is 0.454 e. The van der Waals surface area contributed by atoms with Gasteiger partial charge in [-0.2, -0.15) is 4.68 Å². The number of fused-ring (bicyclic) bond motifs is 1. The maximum absolute atomic E-state index is 13.3. The zero-order chi connectivity index (χ0) is 20.7. The maximum Gasteiger partial charge on any atom is 0.257 e. The van der Waals surface area contributed by atoms with Crippen LogP contribution in [-0.4, -0.2) is 68.9 Å². The molecule has 0 aliphatic carbocycles. The molecular formula is C20H22N6O3S. The third-order valence-electron chi connectivity index (χ3n) is 5.64. The zero-order valence-corrected chi connectivity index (χ0v) is 17.7. The van der Waals surface area contributed by atoms with Crippen LogP contribution in [0.15, 0.2) is 24.5 Å². The highest BCUT2D eigenvalue weighted by atomic mass is 32.1. The van der Waals surface area contributed by atoms with Gasteiger partial charge < -0.3 is 14.4 Å². The Morgan fingerprint density at radius 3 is 2.70 bits per heavy atom. The van der Waals surface area contributed by atoms with E-state index >= 15 is 0 Å². The lowest BCUT2D eigenvalue weighted by molar-refractivity contribution is 0.0628. The monoisotopic (exact) mass is 426 g/mol. The van der Waals surface area contributed by atoms with Crippen molar-refractivity contribution in [3.05, 3.63) is 46.1 Å². The molecule has 3 aromatic rings. The molecule has 0 spiro atoms. The van der Waals surface area contributed by atoms with Gasteiger partial charge in [-0.25, -0.2) is 0 Å². The van der Waals surface area contributed by atoms with Crippen molar-refractivity contribution in [1.29, 1.82) is 0 Å². The van der Waals surface area contributed by atoms with Crippen LogP contribution in [0.5, 0.6) is 11.5 Å². The Hall–Kier alpha value is -2.98. The highest BCUT2D eigenvalue weighted by Gasteiger charge is 2.28. The van der Waals surface area contributed by atoms with Crippen molar-refractivity contribution in [3.8, 4) is 16.5 Å². The number of hydrogen-bond donors (Lipinski definition) is 0. The number of ether oxygens (including phenoxy) is 2. The average molecular weight is 427 g/mol. The number of tetrazole rings is 1. The summed E-state index contributed by atoms with van der Waals surface area (Å²) < 4.78 is 12.4. The Bertz CT molecular complexity index is 1070. The normalized spacial score (nSPS) is 16.3. The summed E-state index contributed by atoms with van der Waals surface area (Å²) in [5.74, 6) is 1.65. The lowest BCUT2D eigenvalue weighted by Gasteiger charge is -2.35. The molecule has 0 radical (unpaired) electrons. The first-order valence-corrected chi connectivity index (χ1v) is 10.7. The van der Waals surface area contributed by atoms with E-state index in [1.165, 1.54) is 11.9 Å². The molecule has 4 heterocycles. The molecule has 2 aliphatic heterocycles. The molecule has 156 valence electrons. The summed E-state index contributed by atoms with van der Waals surface area (Å²) in [4.78, 5) is 18.7. The Kier molecular flexibility index (Phi) is 4.87. The lowest BCUT2D eigenvalue weighted by Crippen LogP contribution is -2.48. The van der Waals surface area contributed by atoms with Crippen molar-refractivity contribution >= 4 is 17.2 Å². The van der Waals surface area contributed by atoms with Gasteiger partial charge in [0, 0.05) is 37.6 Å². The van der Waals surface area contributed by atoms with Gasteiger partial charge in [-0.15, -0.1) is 16.4 Å². The number of carbonyl (C=O) groups excluding carboxylic acids is 1. The van der Waals surface area contributed by atoms with Crippen LogP contribution in [0.1, 0.15) is 26.4 Å². The molecule has 2 aromatic heterocycles. The fraction of sp³-hybridized carbons (Fsp3) is 0.400. The van der Waals surface area contributed by atoms with Crippen molar-refractivity contribution < 1.29 is 14.3 Å². The van der Waals surface area contributed by atoms with Gasteiger partial charge in [-0.05, 0) is 47.5 Å². The summed E-state index contributed by atoms with van der Waals surface area (Å²) in [5.41, 5.74) is 2.89. The SMILES string of the molecule is Cc1sc(-n2cnnn2)c(C(=O)N2CCN(Cc3ccc4c(c3)OCO4)CC2)c1C. The predicted molar refractivity (Wildman–Crippen MR) is 110 cm³/mol. The number of piperazine rings is 1. The minimum absolute atomic E-state index is 0.0464. The van der Waals surface area contributed by atoms with E-state index in [0.717, 1.165) is 46.6 Å². The van der Waals surface area contributed by atoms with Crippen LogP contribution in [0, 0.1) is 13.8 Å². The summed E-state index contributed by atoms with van der Waals surface area (Å²) in [6.07, 6.45) is 1.53. The first kappa shape index (κ1) is 19.0. The molecule has 2 aliphatic rings. The Morgan fingerprint density at radius 1 is 1.13 bits per heavy atom. The first-order valence-electron chi connectivity index (χ1n) is 9.83. The van der Waals surface area contributed by atoms with Crippen molar-refractivity contribution in [2.75, 3.05) is 33.0 Å². The van der Waals surface area contributed by atoms with E-state index in [-0.39, 0.29) is 12.7 Å². The summed E-state index contributed by atoms with van der Waals surface area (Å²) in [7, 11) is 0. The van der Waals surface area contributed by atoms with E-state index in [4.69, 9.17) is 9.47 Å². The van der Waals surface area contributed by atoms with Crippen LogP contribution in [0.25, 0.3) is 5.00 Å². The molecule has 0 saturated carbocycles. The third-order valence-corrected chi connectivity index (χ3v) is 6.84. The molecule has 1 aromatic carbocycles. The van der Waals surface area contributed by atoms with Gasteiger partial charge in [0.15, 0.2) is 11.5 Å². The number of amides is 1. The van der Waals surface area contributed by atoms with Crippen molar-refractivity contribution in [2.45, 2.75) is 20.4 Å². The summed E-state index contributed by atoms with van der Waals surface area (Å²) in [6.45, 7) is 8.14. The molecule has 1 fully saturated rings. The molecule has 9 nitrogen and oxygen atoms in total. The zero-order valence-electron chi connectivity index (χ0n) is 16.9. The van der Waals surface area contributed by atoms with Crippen molar-refractivity contribution in [2.24, 2.45) is 0 Å². The van der Waals surface area contributed by atoms with Gasteiger partial charge in [0.25, 0.3) is 5.91 Å². The van der Waals surface area contributed by atoms with E-state index in [0.29, 0.717) is 18.7 Å². The highest BCUT2D eigenvalue weighted by molar-refractivity contribution is 7.15. The molecule has 1 saturated heterocycles. The molecule has 0 unspecified atom stereocenters. The molecule has 1 amide bonds. The van der Waals surface area contributed by atoms with Crippen molar-refractivity contribution in [3.63, 3.8) is 0 Å². The summed E-state index contributed by atoms with van der Waals surface area (Å²) in [6, 6.07) is 6.07. The molecular weight excluding hydrogens is 404 g/mol. The number of aryl methyl sites for hydroxylation is 1.